The number of hydroxylamine groups is 1. The van der Waals surface area contributed by atoms with E-state index in [1.54, 1.807) is 13.3 Å². The van der Waals surface area contributed by atoms with E-state index in [0.717, 1.165) is 23.4 Å². The summed E-state index contributed by atoms with van der Waals surface area (Å²) in [6.07, 6.45) is 3.01. The molecule has 0 heterocycles. The second-order valence-corrected chi connectivity index (χ2v) is 7.42. The lowest BCUT2D eigenvalue weighted by Gasteiger charge is -1.93. The molecule has 0 amide bonds. The summed E-state index contributed by atoms with van der Waals surface area (Å²) in [5.74, 6) is 0. The Balaban J connectivity index is 0.000000262. The molecule has 0 saturated heterocycles. The molecular weight excluding hydrogens is 442 g/mol. The molecule has 0 fully saturated rings. The van der Waals surface area contributed by atoms with Crippen LogP contribution in [0.5, 0.6) is 0 Å². The van der Waals surface area contributed by atoms with Gasteiger partial charge >= 0.3 is 0 Å². The number of nitrogens with zero attached hydrogens (tertiary/aromatic N) is 2. The first-order chi connectivity index (χ1) is 16.6. The van der Waals surface area contributed by atoms with Crippen molar-refractivity contribution in [1.29, 1.82) is 0 Å². The van der Waals surface area contributed by atoms with Gasteiger partial charge in [-0.1, -0.05) is 105 Å². The van der Waals surface area contributed by atoms with Gasteiger partial charge in [0.05, 0.1) is 11.4 Å². The van der Waals surface area contributed by atoms with Gasteiger partial charge in [-0.05, 0) is 42.0 Å². The standard InChI is InChI=1S/C13H12N2.C10H8.C3H8.C2H7NO2S/c1-11-7-9-13(10-8-11)15-14-12-5-3-2-4-6-12;1-2-6-10-8-4-3-7-9(10)5-1;1-3-2;1-3-4-5-6-2/h2-10H,1H3;1-8H;3H2,1-2H3;3H,1-2H3. The first-order valence-electron chi connectivity index (χ1n) is 11.1. The minimum atomic E-state index is 0.873. The maximum Gasteiger partial charge on any atom is 0.0857 e. The van der Waals surface area contributed by atoms with Gasteiger partial charge in [0.25, 0.3) is 0 Å². The molecule has 0 spiro atoms. The molecule has 0 aliphatic rings. The minimum Gasteiger partial charge on any atom is -0.172 e. The zero-order valence-corrected chi connectivity index (χ0v) is 21.5. The zero-order valence-electron chi connectivity index (χ0n) is 20.6. The molecule has 34 heavy (non-hydrogen) atoms. The van der Waals surface area contributed by atoms with Gasteiger partial charge in [0.2, 0.25) is 0 Å². The fourth-order valence-corrected chi connectivity index (χ4v) is 2.56. The van der Waals surface area contributed by atoms with Crippen molar-refractivity contribution >= 4 is 34.2 Å². The molecule has 0 atom stereocenters. The molecule has 4 aromatic carbocycles. The third-order valence-electron chi connectivity index (χ3n) is 3.92. The maximum absolute atomic E-state index is 4.29. The highest BCUT2D eigenvalue weighted by atomic mass is 32.2. The van der Waals surface area contributed by atoms with Gasteiger partial charge in [0.15, 0.2) is 0 Å². The van der Waals surface area contributed by atoms with Gasteiger partial charge in [-0.15, -0.1) is 9.32 Å². The van der Waals surface area contributed by atoms with Crippen molar-refractivity contribution in [3.05, 3.63) is 109 Å². The Labute approximate surface area is 208 Å². The Hall–Kier alpha value is -3.03. The lowest BCUT2D eigenvalue weighted by Crippen LogP contribution is -2.03. The van der Waals surface area contributed by atoms with Crippen LogP contribution >= 0.6 is 12.0 Å². The smallest absolute Gasteiger partial charge is 0.0857 e. The molecular formula is C28H35N3O2S. The largest absolute Gasteiger partial charge is 0.172 e. The van der Waals surface area contributed by atoms with Gasteiger partial charge in [0.1, 0.15) is 0 Å². The van der Waals surface area contributed by atoms with Crippen LogP contribution < -0.4 is 5.48 Å². The van der Waals surface area contributed by atoms with Crippen LogP contribution in [0.15, 0.2) is 113 Å². The van der Waals surface area contributed by atoms with Gasteiger partial charge in [-0.2, -0.15) is 15.7 Å². The number of benzene rings is 4. The maximum atomic E-state index is 4.29. The topological polar surface area (TPSA) is 55.2 Å². The highest BCUT2D eigenvalue weighted by Crippen LogP contribution is 2.17. The van der Waals surface area contributed by atoms with E-state index in [0.29, 0.717) is 0 Å². The molecule has 6 heteroatoms. The average Bonchev–Trinajstić information content (AvgIpc) is 2.89. The third kappa shape index (κ3) is 13.5. The normalized spacial score (nSPS) is 9.79. The average molecular weight is 478 g/mol. The Morgan fingerprint density at radius 1 is 0.676 bits per heavy atom. The number of aryl methyl sites for hydroxylation is 1. The molecule has 0 bridgehead atoms. The molecule has 0 aliphatic carbocycles. The summed E-state index contributed by atoms with van der Waals surface area (Å²) < 4.78 is 4.29. The summed E-state index contributed by atoms with van der Waals surface area (Å²) in [4.78, 5) is 4.20. The predicted molar refractivity (Wildman–Crippen MR) is 146 cm³/mol. The van der Waals surface area contributed by atoms with E-state index in [1.807, 2.05) is 54.6 Å². The Morgan fingerprint density at radius 3 is 1.47 bits per heavy atom. The third-order valence-corrected chi connectivity index (χ3v) is 4.12. The predicted octanol–water partition coefficient (Wildman–Crippen LogP) is 9.01. The molecule has 1 N–H and O–H groups in total. The Kier molecular flexibility index (Phi) is 16.6. The molecule has 0 unspecified atom stereocenters. The fraction of sp³-hybridized carbons (Fsp3) is 0.214. The van der Waals surface area contributed by atoms with E-state index in [9.17, 15) is 0 Å². The second kappa shape index (κ2) is 19.4. The molecule has 0 saturated carbocycles. The van der Waals surface area contributed by atoms with E-state index < -0.39 is 0 Å². The summed E-state index contributed by atoms with van der Waals surface area (Å²) in [5, 5.41) is 10.9. The Bertz CT molecular complexity index is 973. The molecule has 0 aliphatic heterocycles. The first-order valence-corrected chi connectivity index (χ1v) is 12.3. The van der Waals surface area contributed by atoms with Crippen molar-refractivity contribution in [1.82, 2.24) is 5.48 Å². The van der Waals surface area contributed by atoms with Crippen molar-refractivity contribution in [3.63, 3.8) is 0 Å². The van der Waals surface area contributed by atoms with Gasteiger partial charge in [-0.25, -0.2) is 0 Å². The quantitative estimate of drug-likeness (QED) is 0.102. The summed E-state index contributed by atoms with van der Waals surface area (Å²) in [5.41, 5.74) is 5.31. The molecule has 4 rings (SSSR count). The van der Waals surface area contributed by atoms with E-state index >= 15 is 0 Å². The van der Waals surface area contributed by atoms with E-state index in [4.69, 9.17) is 0 Å². The number of hydrogen-bond acceptors (Lipinski definition) is 6. The van der Waals surface area contributed by atoms with Crippen molar-refractivity contribution in [2.45, 2.75) is 27.2 Å². The van der Waals surface area contributed by atoms with Crippen LogP contribution in [0.1, 0.15) is 25.8 Å². The lowest BCUT2D eigenvalue weighted by atomic mass is 10.1. The van der Waals surface area contributed by atoms with Gasteiger partial charge in [0, 0.05) is 25.3 Å². The van der Waals surface area contributed by atoms with Crippen LogP contribution in [-0.2, 0) is 9.32 Å². The number of fused-ring (bicyclic) bond motifs is 1. The highest BCUT2D eigenvalue weighted by molar-refractivity contribution is 7.93. The Morgan fingerprint density at radius 2 is 1.09 bits per heavy atom. The second-order valence-electron chi connectivity index (χ2n) is 6.95. The van der Waals surface area contributed by atoms with Crippen molar-refractivity contribution < 1.29 is 9.32 Å². The minimum absolute atomic E-state index is 0.873. The lowest BCUT2D eigenvalue weighted by molar-refractivity contribution is -0.237. The van der Waals surface area contributed by atoms with E-state index in [1.165, 1.54) is 22.8 Å². The zero-order chi connectivity index (χ0) is 24.9. The van der Waals surface area contributed by atoms with Crippen LogP contribution in [0.2, 0.25) is 0 Å². The van der Waals surface area contributed by atoms with Crippen molar-refractivity contribution in [3.8, 4) is 0 Å². The molecule has 5 nitrogen and oxygen atoms in total. The van der Waals surface area contributed by atoms with Crippen LogP contribution in [0.25, 0.3) is 10.8 Å². The van der Waals surface area contributed by atoms with Crippen molar-refractivity contribution in [2.75, 3.05) is 13.3 Å². The van der Waals surface area contributed by atoms with E-state index in [-0.39, 0.29) is 0 Å². The van der Waals surface area contributed by atoms with Gasteiger partial charge < -0.3 is 0 Å². The molecule has 0 radical (unpaired) electrons. The SMILES string of the molecule is CCC.CNOOSC.Cc1ccc(N=Nc2ccccc2)cc1.c1ccc2ccccc2c1. The summed E-state index contributed by atoms with van der Waals surface area (Å²) in [6.45, 7) is 6.30. The van der Waals surface area contributed by atoms with Gasteiger partial charge in [-0.3, -0.25) is 0 Å². The van der Waals surface area contributed by atoms with Crippen LogP contribution in [-0.4, -0.2) is 13.3 Å². The summed E-state index contributed by atoms with van der Waals surface area (Å²) >= 11 is 1.14. The highest BCUT2D eigenvalue weighted by Gasteiger charge is 1.89. The first kappa shape index (κ1) is 29.0. The van der Waals surface area contributed by atoms with Crippen LogP contribution in [0.3, 0.4) is 0 Å². The molecule has 0 aromatic heterocycles. The number of nitrogens with one attached hydrogen (secondary N) is 1. The van der Waals surface area contributed by atoms with Crippen LogP contribution in [0, 0.1) is 6.92 Å². The summed E-state index contributed by atoms with van der Waals surface area (Å²) in [6, 6.07) is 34.4. The van der Waals surface area contributed by atoms with Crippen LogP contribution in [0.4, 0.5) is 11.4 Å². The fourth-order valence-electron chi connectivity index (χ4n) is 2.42. The molecule has 180 valence electrons. The number of azo groups is 1. The molecule has 4 aromatic rings. The van der Waals surface area contributed by atoms with E-state index in [2.05, 4.69) is 94.3 Å². The number of rotatable bonds is 5. The summed E-state index contributed by atoms with van der Waals surface area (Å²) in [7, 11) is 1.62. The monoisotopic (exact) mass is 477 g/mol. The number of hydrogen-bond donors (Lipinski definition) is 1. The van der Waals surface area contributed by atoms with Crippen molar-refractivity contribution in [2.24, 2.45) is 10.2 Å².